The monoisotopic (exact) mass is 181 g/mol. The highest BCUT2D eigenvalue weighted by Crippen LogP contribution is 2.27. The van der Waals surface area contributed by atoms with Crippen LogP contribution in [0.25, 0.3) is 0 Å². The molecule has 1 aromatic rings. The molecule has 3 nitrogen and oxygen atoms in total. The van der Waals surface area contributed by atoms with Gasteiger partial charge < -0.3 is 15.2 Å². The third kappa shape index (κ3) is 2.12. The summed E-state index contributed by atoms with van der Waals surface area (Å²) in [6, 6.07) is 5.45. The van der Waals surface area contributed by atoms with Gasteiger partial charge >= 0.3 is 0 Å². The molecule has 0 amide bonds. The SMILES string of the molecule is CNC(C)c1ccc(OC)cc1O. The van der Waals surface area contributed by atoms with Crippen LogP contribution in [0, 0.1) is 0 Å². The van der Waals surface area contributed by atoms with E-state index in [4.69, 9.17) is 4.74 Å². The Morgan fingerprint density at radius 1 is 1.46 bits per heavy atom. The number of nitrogens with one attached hydrogen (secondary N) is 1. The summed E-state index contributed by atoms with van der Waals surface area (Å²) in [6.07, 6.45) is 0. The topological polar surface area (TPSA) is 41.5 Å². The molecule has 1 unspecified atom stereocenters. The summed E-state index contributed by atoms with van der Waals surface area (Å²) < 4.78 is 4.98. The number of phenols is 1. The molecule has 0 aliphatic carbocycles. The minimum atomic E-state index is 0.144. The Labute approximate surface area is 78.3 Å². The van der Waals surface area contributed by atoms with Gasteiger partial charge in [0.2, 0.25) is 0 Å². The zero-order chi connectivity index (χ0) is 9.84. The van der Waals surface area contributed by atoms with Crippen molar-refractivity contribution in [2.24, 2.45) is 0 Å². The molecular formula is C10H15NO2. The Morgan fingerprint density at radius 3 is 2.62 bits per heavy atom. The summed E-state index contributed by atoms with van der Waals surface area (Å²) in [6.45, 7) is 1.99. The third-order valence-electron chi connectivity index (χ3n) is 2.14. The highest BCUT2D eigenvalue weighted by Gasteiger charge is 2.08. The minimum Gasteiger partial charge on any atom is -0.507 e. The average Bonchev–Trinajstić information content (AvgIpc) is 2.16. The van der Waals surface area contributed by atoms with Crippen LogP contribution in [0.1, 0.15) is 18.5 Å². The van der Waals surface area contributed by atoms with E-state index in [-0.39, 0.29) is 11.8 Å². The van der Waals surface area contributed by atoms with Gasteiger partial charge in [0.25, 0.3) is 0 Å². The molecule has 2 N–H and O–H groups in total. The molecule has 0 aliphatic rings. The summed E-state index contributed by atoms with van der Waals surface area (Å²) in [5.41, 5.74) is 0.878. The molecule has 13 heavy (non-hydrogen) atoms. The predicted octanol–water partition coefficient (Wildman–Crippen LogP) is 1.68. The quantitative estimate of drug-likeness (QED) is 0.745. The first-order chi connectivity index (χ1) is 6.19. The molecule has 1 aromatic carbocycles. The largest absolute Gasteiger partial charge is 0.507 e. The van der Waals surface area contributed by atoms with Crippen LogP contribution in [0.5, 0.6) is 11.5 Å². The molecule has 0 heterocycles. The van der Waals surface area contributed by atoms with Gasteiger partial charge in [-0.2, -0.15) is 0 Å². The van der Waals surface area contributed by atoms with E-state index in [9.17, 15) is 5.11 Å². The van der Waals surface area contributed by atoms with Crippen LogP contribution in [-0.4, -0.2) is 19.3 Å². The molecule has 0 aromatic heterocycles. The zero-order valence-corrected chi connectivity index (χ0v) is 8.16. The summed E-state index contributed by atoms with van der Waals surface area (Å²) in [5.74, 6) is 0.936. The van der Waals surface area contributed by atoms with Gasteiger partial charge in [-0.3, -0.25) is 0 Å². The highest BCUT2D eigenvalue weighted by molar-refractivity contribution is 5.41. The molecule has 0 saturated heterocycles. The fourth-order valence-corrected chi connectivity index (χ4v) is 1.17. The molecule has 0 fully saturated rings. The van der Waals surface area contributed by atoms with Gasteiger partial charge in [0.1, 0.15) is 11.5 Å². The Hall–Kier alpha value is -1.22. The van der Waals surface area contributed by atoms with Gasteiger partial charge in [-0.1, -0.05) is 6.07 Å². The summed E-state index contributed by atoms with van der Waals surface area (Å²) in [7, 11) is 3.43. The standard InChI is InChI=1S/C10H15NO2/c1-7(11-2)9-5-4-8(13-3)6-10(9)12/h4-7,11-12H,1-3H3. The Kier molecular flexibility index (Phi) is 3.14. The summed E-state index contributed by atoms with van der Waals surface area (Å²) in [5, 5.41) is 12.7. The average molecular weight is 181 g/mol. The lowest BCUT2D eigenvalue weighted by Crippen LogP contribution is -2.12. The van der Waals surface area contributed by atoms with Crippen molar-refractivity contribution in [3.8, 4) is 11.5 Å². The van der Waals surface area contributed by atoms with E-state index in [1.54, 1.807) is 13.2 Å². The molecule has 0 bridgehead atoms. The third-order valence-corrected chi connectivity index (χ3v) is 2.14. The van der Waals surface area contributed by atoms with Gasteiger partial charge in [0.05, 0.1) is 7.11 Å². The summed E-state index contributed by atoms with van der Waals surface area (Å²) in [4.78, 5) is 0. The zero-order valence-electron chi connectivity index (χ0n) is 8.16. The summed E-state index contributed by atoms with van der Waals surface area (Å²) >= 11 is 0. The van der Waals surface area contributed by atoms with Crippen LogP contribution in [0.3, 0.4) is 0 Å². The van der Waals surface area contributed by atoms with Crippen molar-refractivity contribution >= 4 is 0 Å². The van der Waals surface area contributed by atoms with E-state index >= 15 is 0 Å². The molecule has 0 radical (unpaired) electrons. The molecule has 3 heteroatoms. The minimum absolute atomic E-state index is 0.144. The van der Waals surface area contributed by atoms with E-state index in [1.165, 1.54) is 0 Å². The van der Waals surface area contributed by atoms with Crippen LogP contribution >= 0.6 is 0 Å². The van der Waals surface area contributed by atoms with Crippen LogP contribution in [0.4, 0.5) is 0 Å². The van der Waals surface area contributed by atoms with Crippen molar-refractivity contribution in [1.82, 2.24) is 5.32 Å². The number of hydrogen-bond acceptors (Lipinski definition) is 3. The maximum absolute atomic E-state index is 9.60. The number of aromatic hydroxyl groups is 1. The van der Waals surface area contributed by atoms with Gasteiger partial charge in [0.15, 0.2) is 0 Å². The molecule has 0 saturated carbocycles. The predicted molar refractivity (Wildman–Crippen MR) is 52.1 cm³/mol. The van der Waals surface area contributed by atoms with Crippen molar-refractivity contribution in [3.63, 3.8) is 0 Å². The molecule has 1 rings (SSSR count). The highest BCUT2D eigenvalue weighted by atomic mass is 16.5. The molecule has 72 valence electrons. The molecule has 0 spiro atoms. The maximum Gasteiger partial charge on any atom is 0.124 e. The van der Waals surface area contributed by atoms with Crippen molar-refractivity contribution < 1.29 is 9.84 Å². The van der Waals surface area contributed by atoms with Gasteiger partial charge in [-0.15, -0.1) is 0 Å². The number of ether oxygens (including phenoxy) is 1. The molecular weight excluding hydrogens is 166 g/mol. The lowest BCUT2D eigenvalue weighted by atomic mass is 10.1. The first-order valence-electron chi connectivity index (χ1n) is 4.23. The lowest BCUT2D eigenvalue weighted by Gasteiger charge is -2.12. The molecule has 0 aliphatic heterocycles. The van der Waals surface area contributed by atoms with Crippen molar-refractivity contribution in [2.45, 2.75) is 13.0 Å². The number of benzene rings is 1. The van der Waals surface area contributed by atoms with Gasteiger partial charge in [0, 0.05) is 17.7 Å². The van der Waals surface area contributed by atoms with Crippen molar-refractivity contribution in [2.75, 3.05) is 14.2 Å². The lowest BCUT2D eigenvalue weighted by molar-refractivity contribution is 0.404. The van der Waals surface area contributed by atoms with E-state index < -0.39 is 0 Å². The van der Waals surface area contributed by atoms with Crippen molar-refractivity contribution in [3.05, 3.63) is 23.8 Å². The molecule has 1 atom stereocenters. The van der Waals surface area contributed by atoms with Crippen LogP contribution in [-0.2, 0) is 0 Å². The Balaban J connectivity index is 2.98. The van der Waals surface area contributed by atoms with Crippen LogP contribution in [0.2, 0.25) is 0 Å². The Bertz CT molecular complexity index is 286. The van der Waals surface area contributed by atoms with Crippen LogP contribution in [0.15, 0.2) is 18.2 Å². The number of hydrogen-bond donors (Lipinski definition) is 2. The fourth-order valence-electron chi connectivity index (χ4n) is 1.17. The second-order valence-electron chi connectivity index (χ2n) is 2.94. The van der Waals surface area contributed by atoms with E-state index in [1.807, 2.05) is 26.1 Å². The second kappa shape index (κ2) is 4.14. The normalized spacial score (nSPS) is 12.5. The fraction of sp³-hybridized carbons (Fsp3) is 0.400. The van der Waals surface area contributed by atoms with E-state index in [0.717, 1.165) is 5.56 Å². The maximum atomic E-state index is 9.60. The van der Waals surface area contributed by atoms with Gasteiger partial charge in [-0.05, 0) is 20.0 Å². The first kappa shape index (κ1) is 9.86. The number of phenolic OH excluding ortho intramolecular Hbond substituents is 1. The van der Waals surface area contributed by atoms with Crippen LogP contribution < -0.4 is 10.1 Å². The number of methoxy groups -OCH3 is 1. The van der Waals surface area contributed by atoms with Gasteiger partial charge in [-0.25, -0.2) is 0 Å². The van der Waals surface area contributed by atoms with E-state index in [0.29, 0.717) is 5.75 Å². The Morgan fingerprint density at radius 2 is 2.15 bits per heavy atom. The van der Waals surface area contributed by atoms with Crippen molar-refractivity contribution in [1.29, 1.82) is 0 Å². The second-order valence-corrected chi connectivity index (χ2v) is 2.94. The smallest absolute Gasteiger partial charge is 0.124 e. The first-order valence-corrected chi connectivity index (χ1v) is 4.23. The van der Waals surface area contributed by atoms with E-state index in [2.05, 4.69) is 5.32 Å². The number of rotatable bonds is 3.